The molecule has 4 aromatic rings. The highest BCUT2D eigenvalue weighted by Gasteiger charge is 2.43. The topological polar surface area (TPSA) is 172 Å². The Kier molecular flexibility index (Phi) is 10.8. The van der Waals surface area contributed by atoms with Crippen molar-refractivity contribution in [2.75, 3.05) is 49.6 Å². The summed E-state index contributed by atoms with van der Waals surface area (Å²) in [4.78, 5) is 78.5. The number of likely N-dealkylation sites (tertiary alicyclic amines) is 1. The largest absolute Gasteiger partial charge is 0.385 e. The second kappa shape index (κ2) is 16.4. The van der Waals surface area contributed by atoms with Gasteiger partial charge in [-0.25, -0.2) is 28.6 Å². The molecule has 2 N–H and O–H groups in total. The molecule has 9 rings (SSSR count). The molecule has 4 aliphatic heterocycles. The number of hydrogen-bond acceptors (Lipinski definition) is 12. The minimum absolute atomic E-state index is 0.0280. The normalized spacial score (nSPS) is 23.7. The quantitative estimate of drug-likeness (QED) is 0.186. The minimum Gasteiger partial charge on any atom is -0.385 e. The van der Waals surface area contributed by atoms with Crippen LogP contribution in [0.5, 0.6) is 0 Å². The lowest BCUT2D eigenvalue weighted by molar-refractivity contribution is -0.138. The second-order valence-corrected chi connectivity index (χ2v) is 16.5. The van der Waals surface area contributed by atoms with Gasteiger partial charge in [-0.2, -0.15) is 5.10 Å². The van der Waals surface area contributed by atoms with Crippen molar-refractivity contribution in [3.8, 4) is 11.4 Å². The highest BCUT2D eigenvalue weighted by Crippen LogP contribution is 2.36. The maximum absolute atomic E-state index is 13.8. The van der Waals surface area contributed by atoms with Crippen molar-refractivity contribution >= 4 is 52.1 Å². The molecule has 1 unspecified atom stereocenters. The summed E-state index contributed by atoms with van der Waals surface area (Å²) in [6.45, 7) is 5.91. The Labute approximate surface area is 345 Å². The molecule has 2 atom stereocenters. The van der Waals surface area contributed by atoms with Gasteiger partial charge in [0.25, 0.3) is 11.8 Å². The molecule has 3 saturated heterocycles. The molecule has 4 fully saturated rings. The third-order valence-electron chi connectivity index (χ3n) is 12.8. The van der Waals surface area contributed by atoms with Crippen molar-refractivity contribution in [2.45, 2.75) is 76.4 Å². The van der Waals surface area contributed by atoms with Crippen LogP contribution < -0.4 is 15.5 Å². The Morgan fingerprint density at radius 3 is 2.43 bits per heavy atom. The first-order valence-corrected chi connectivity index (χ1v) is 20.9. The number of allylic oxidation sites excluding steroid dienone is 1. The van der Waals surface area contributed by atoms with E-state index in [1.807, 2.05) is 15.8 Å². The molecule has 6 heterocycles. The zero-order chi connectivity index (χ0) is 41.5. The van der Waals surface area contributed by atoms with Gasteiger partial charge in [0.15, 0.2) is 11.5 Å². The van der Waals surface area contributed by atoms with E-state index in [1.165, 1.54) is 12.1 Å². The highest BCUT2D eigenvalue weighted by atomic mass is 19.1. The number of morpholine rings is 1. The molecule has 1 aliphatic carbocycles. The molecule has 1 saturated carbocycles. The van der Waals surface area contributed by atoms with Crippen molar-refractivity contribution in [2.24, 2.45) is 11.8 Å². The average molecular weight is 816 g/mol. The van der Waals surface area contributed by atoms with Gasteiger partial charge in [-0.05, 0) is 100 Å². The molecule has 2 aromatic heterocycles. The van der Waals surface area contributed by atoms with E-state index in [0.717, 1.165) is 65.8 Å². The second-order valence-electron chi connectivity index (χ2n) is 16.5. The number of nitrogens with zero attached hydrogens (tertiary/aromatic N) is 7. The first-order chi connectivity index (χ1) is 29.2. The molecule has 0 spiro atoms. The van der Waals surface area contributed by atoms with Crippen LogP contribution in [0.4, 0.5) is 15.9 Å². The summed E-state index contributed by atoms with van der Waals surface area (Å²) in [6.07, 6.45) is 7.21. The highest BCUT2D eigenvalue weighted by molar-refractivity contribution is 6.22. The van der Waals surface area contributed by atoms with Crippen LogP contribution in [0.1, 0.15) is 85.0 Å². The summed E-state index contributed by atoms with van der Waals surface area (Å²) in [5, 5.41) is 11.8. The number of carbonyl (C=O) groups excluding carboxylic acids is 5. The fourth-order valence-corrected chi connectivity index (χ4v) is 9.45. The minimum atomic E-state index is -0.832. The smallest absolute Gasteiger partial charge is 0.262 e. The molecular weight excluding hydrogens is 770 g/mol. The molecule has 60 heavy (non-hydrogen) atoms. The number of imide groups is 1. The SMILES string of the molecule is C[C@H]1COCCN1c1nc(-c2ccc(F)cc2)nc2c1cnn2C1CCN(C(=O)C2CCC(CNc3ccc4c(c3)C(=O)N(C3CCC(=C=O)NC3=C=O)C4=O)CC2)CC1. The summed E-state index contributed by atoms with van der Waals surface area (Å²) in [6, 6.07) is 10.6. The first kappa shape index (κ1) is 39.3. The number of halogens is 1. The molecule has 0 bridgehead atoms. The van der Waals surface area contributed by atoms with Crippen LogP contribution in [0.15, 0.2) is 60.1 Å². The number of aromatic nitrogens is 4. The van der Waals surface area contributed by atoms with Gasteiger partial charge in [0.2, 0.25) is 5.91 Å². The van der Waals surface area contributed by atoms with E-state index in [-0.39, 0.29) is 65.1 Å². The molecule has 16 heteroatoms. The molecular formula is C44H46FN9O6. The molecule has 2 aromatic carbocycles. The zero-order valence-corrected chi connectivity index (χ0v) is 33.4. The Balaban J connectivity index is 0.798. The first-order valence-electron chi connectivity index (χ1n) is 20.9. The molecule has 310 valence electrons. The Hall–Kier alpha value is -6.21. The zero-order valence-electron chi connectivity index (χ0n) is 33.4. The van der Waals surface area contributed by atoms with E-state index in [9.17, 15) is 28.4 Å². The van der Waals surface area contributed by atoms with Crippen LogP contribution in [0, 0.1) is 17.7 Å². The number of amides is 3. The number of piperidine rings is 2. The fourth-order valence-electron chi connectivity index (χ4n) is 9.45. The number of rotatable bonds is 8. The molecule has 3 amide bonds. The van der Waals surface area contributed by atoms with Crippen molar-refractivity contribution in [3.63, 3.8) is 0 Å². The molecule has 15 nitrogen and oxygen atoms in total. The number of fused-ring (bicyclic) bond motifs is 2. The summed E-state index contributed by atoms with van der Waals surface area (Å²) < 4.78 is 21.5. The van der Waals surface area contributed by atoms with Crippen molar-refractivity contribution < 1.29 is 33.1 Å². The van der Waals surface area contributed by atoms with Crippen LogP contribution in [0.3, 0.4) is 0 Å². The number of ether oxygens (including phenoxy) is 1. The van der Waals surface area contributed by atoms with Gasteiger partial charge < -0.3 is 25.2 Å². The van der Waals surface area contributed by atoms with Gasteiger partial charge >= 0.3 is 0 Å². The summed E-state index contributed by atoms with van der Waals surface area (Å²) in [7, 11) is 0. The van der Waals surface area contributed by atoms with E-state index in [2.05, 4.69) is 22.5 Å². The van der Waals surface area contributed by atoms with Crippen LogP contribution in [-0.4, -0.2) is 111 Å². The van der Waals surface area contributed by atoms with Gasteiger partial charge in [-0.15, -0.1) is 0 Å². The number of hydrogen-bond donors (Lipinski definition) is 2. The Bertz CT molecular complexity index is 2440. The van der Waals surface area contributed by atoms with Gasteiger partial charge in [0.1, 0.15) is 34.9 Å². The van der Waals surface area contributed by atoms with Crippen molar-refractivity contribution in [1.82, 2.24) is 34.9 Å². The summed E-state index contributed by atoms with van der Waals surface area (Å²) in [5.74, 6) is 4.01. The van der Waals surface area contributed by atoms with Crippen LogP contribution >= 0.6 is 0 Å². The number of benzene rings is 2. The van der Waals surface area contributed by atoms with E-state index < -0.39 is 17.9 Å². The lowest BCUT2D eigenvalue weighted by atomic mass is 9.81. The van der Waals surface area contributed by atoms with E-state index in [4.69, 9.17) is 19.8 Å². The Morgan fingerprint density at radius 1 is 0.933 bits per heavy atom. The lowest BCUT2D eigenvalue weighted by Gasteiger charge is -2.36. The lowest BCUT2D eigenvalue weighted by Crippen LogP contribution is -2.46. The maximum atomic E-state index is 13.8. The van der Waals surface area contributed by atoms with Crippen LogP contribution in [0.2, 0.25) is 0 Å². The predicted molar refractivity (Wildman–Crippen MR) is 219 cm³/mol. The van der Waals surface area contributed by atoms with Gasteiger partial charge in [-0.3, -0.25) is 19.3 Å². The Morgan fingerprint density at radius 2 is 1.70 bits per heavy atom. The van der Waals surface area contributed by atoms with Crippen LogP contribution in [0.25, 0.3) is 22.4 Å². The van der Waals surface area contributed by atoms with Gasteiger partial charge in [0, 0.05) is 49.8 Å². The molecule has 0 radical (unpaired) electrons. The predicted octanol–water partition coefficient (Wildman–Crippen LogP) is 4.72. The third kappa shape index (κ3) is 7.35. The van der Waals surface area contributed by atoms with Gasteiger partial charge in [0.05, 0.1) is 54.0 Å². The van der Waals surface area contributed by atoms with E-state index in [1.54, 1.807) is 42.2 Å². The average Bonchev–Trinajstić information content (AvgIpc) is 3.82. The van der Waals surface area contributed by atoms with E-state index >= 15 is 0 Å². The number of carbonyl (C=O) groups is 3. The third-order valence-corrected chi connectivity index (χ3v) is 12.8. The summed E-state index contributed by atoms with van der Waals surface area (Å²) in [5.41, 5.74) is 2.86. The van der Waals surface area contributed by atoms with Crippen molar-refractivity contribution in [1.29, 1.82) is 0 Å². The molecule has 5 aliphatic rings. The fraction of sp³-hybridized carbons (Fsp3) is 0.455. The van der Waals surface area contributed by atoms with E-state index in [0.29, 0.717) is 56.8 Å². The van der Waals surface area contributed by atoms with Gasteiger partial charge in [-0.1, -0.05) is 0 Å². The monoisotopic (exact) mass is 815 g/mol. The number of nitrogens with one attached hydrogen (secondary N) is 2. The van der Waals surface area contributed by atoms with Crippen LogP contribution in [-0.2, 0) is 19.1 Å². The summed E-state index contributed by atoms with van der Waals surface area (Å²) >= 11 is 0. The standard InChI is InChI=1S/C44H46FN9O6/c1-26-25-60-19-18-52(26)40-36-22-47-54(41(36)50-39(49-40)28-6-8-30(45)9-7-28)33-14-16-51(17-15-33)42(57)29-4-2-27(3-5-29)21-46-31-10-12-34-35(20-31)44(59)53(43(34)58)38-13-11-32(23-55)48-37(38)24-56/h6-10,12,20,22,26-27,29,33,38,46,48H,2-5,11,13-19,21,25H2,1H3/t26-,27?,29?,38?/m0/s1. The number of anilines is 2. The van der Waals surface area contributed by atoms with Crippen molar-refractivity contribution in [3.05, 3.63) is 77.0 Å². The maximum Gasteiger partial charge on any atom is 0.262 e.